The minimum absolute atomic E-state index is 0. The van der Waals surface area contributed by atoms with E-state index in [4.69, 9.17) is 0 Å². The van der Waals surface area contributed by atoms with Gasteiger partial charge in [0.15, 0.2) is 0 Å². The zero-order valence-electron chi connectivity index (χ0n) is 17.3. The normalized spacial score (nSPS) is 11.6. The number of unbranched alkanes of at least 4 members (excludes halogenated alkanes) is 11. The minimum Gasteiger partial charge on any atom is -0.550 e. The van der Waals surface area contributed by atoms with E-state index in [-0.39, 0.29) is 65.5 Å². The van der Waals surface area contributed by atoms with E-state index in [9.17, 15) is 19.8 Å². The van der Waals surface area contributed by atoms with Crippen LogP contribution >= 0.6 is 0 Å². The second-order valence-corrected chi connectivity index (χ2v) is 6.62. The van der Waals surface area contributed by atoms with Gasteiger partial charge in [0.25, 0.3) is 0 Å². The molecule has 0 rings (SSSR count). The number of allylic oxidation sites excluding steroid dienone is 2. The number of hydrogen-bond donors (Lipinski definition) is 0. The third kappa shape index (κ3) is 22.7. The molecule has 0 aliphatic heterocycles. The fraction of sp³-hybridized carbons (Fsp3) is 0.800. The maximum atomic E-state index is 10.8. The molecular weight excluding hydrogens is 350 g/mol. The molecule has 1 unspecified atom stereocenters. The summed E-state index contributed by atoms with van der Waals surface area (Å²) in [7, 11) is 0. The standard InChI is InChI=1S/C20H36O4.2Na/c1-2-3-4-5-6-7-8-9-10-11-12-13-14-15-16-18(20(23)24)17-19(21)22;;/h14-15,18H,2-13,16-17H2,1H3,(H,21,22)(H,23,24);;/q;2*+1/p-2/b15-14+;;. The Morgan fingerprint density at radius 3 is 1.65 bits per heavy atom. The van der Waals surface area contributed by atoms with Crippen molar-refractivity contribution in [2.45, 2.75) is 96.8 Å². The summed E-state index contributed by atoms with van der Waals surface area (Å²) in [5.74, 6) is -3.65. The van der Waals surface area contributed by atoms with Crippen molar-refractivity contribution >= 4 is 11.9 Å². The van der Waals surface area contributed by atoms with Crippen molar-refractivity contribution in [3.8, 4) is 0 Å². The molecule has 0 heterocycles. The van der Waals surface area contributed by atoms with Crippen LogP contribution in [-0.2, 0) is 9.59 Å². The number of carboxylic acid groups (broad SMARTS) is 2. The summed E-state index contributed by atoms with van der Waals surface area (Å²) >= 11 is 0. The third-order valence-corrected chi connectivity index (χ3v) is 4.31. The number of rotatable bonds is 17. The van der Waals surface area contributed by atoms with Gasteiger partial charge in [-0.15, -0.1) is 0 Å². The van der Waals surface area contributed by atoms with E-state index >= 15 is 0 Å². The SMILES string of the molecule is CCCCCCCCCCCCC/C=C/CC(CC(=O)[O-])C(=O)[O-].[Na+].[Na+]. The van der Waals surface area contributed by atoms with Gasteiger partial charge in [0.2, 0.25) is 0 Å². The summed E-state index contributed by atoms with van der Waals surface area (Å²) in [6.07, 6.45) is 18.7. The minimum atomic E-state index is -1.34. The van der Waals surface area contributed by atoms with E-state index in [1.807, 2.05) is 6.08 Å². The molecule has 0 N–H and O–H groups in total. The maximum absolute atomic E-state index is 10.8. The predicted molar refractivity (Wildman–Crippen MR) is 93.0 cm³/mol. The molecule has 0 bridgehead atoms. The summed E-state index contributed by atoms with van der Waals surface area (Å²) < 4.78 is 0. The topological polar surface area (TPSA) is 80.3 Å². The van der Waals surface area contributed by atoms with Crippen LogP contribution in [0, 0.1) is 5.92 Å². The van der Waals surface area contributed by atoms with Crippen LogP contribution in [0.3, 0.4) is 0 Å². The Balaban J connectivity index is -0.00000264. The van der Waals surface area contributed by atoms with Crippen LogP contribution in [-0.4, -0.2) is 11.9 Å². The van der Waals surface area contributed by atoms with Crippen LogP contribution in [0.15, 0.2) is 12.2 Å². The average molecular weight is 384 g/mol. The summed E-state index contributed by atoms with van der Waals surface area (Å²) in [6.45, 7) is 2.24. The molecular formula is C20H34Na2O4. The molecule has 6 heteroatoms. The van der Waals surface area contributed by atoms with Gasteiger partial charge < -0.3 is 19.8 Å². The summed E-state index contributed by atoms with van der Waals surface area (Å²) in [4.78, 5) is 21.2. The summed E-state index contributed by atoms with van der Waals surface area (Å²) in [6, 6.07) is 0. The number of carbonyl (C=O) groups is 2. The second kappa shape index (κ2) is 23.7. The van der Waals surface area contributed by atoms with Gasteiger partial charge in [-0.25, -0.2) is 0 Å². The Morgan fingerprint density at radius 1 is 0.769 bits per heavy atom. The van der Waals surface area contributed by atoms with Crippen molar-refractivity contribution < 1.29 is 78.9 Å². The molecule has 0 aromatic rings. The monoisotopic (exact) mass is 384 g/mol. The smallest absolute Gasteiger partial charge is 0.550 e. The zero-order valence-corrected chi connectivity index (χ0v) is 21.3. The number of aliphatic carboxylic acids is 2. The van der Waals surface area contributed by atoms with Crippen molar-refractivity contribution in [1.29, 1.82) is 0 Å². The molecule has 0 fully saturated rings. The van der Waals surface area contributed by atoms with Gasteiger partial charge in [0, 0.05) is 17.9 Å². The second-order valence-electron chi connectivity index (χ2n) is 6.62. The number of hydrogen-bond acceptors (Lipinski definition) is 4. The Morgan fingerprint density at radius 2 is 1.23 bits per heavy atom. The first-order valence-corrected chi connectivity index (χ1v) is 9.63. The molecule has 0 aliphatic rings. The molecule has 0 spiro atoms. The van der Waals surface area contributed by atoms with E-state index in [0.717, 1.165) is 12.8 Å². The molecule has 0 radical (unpaired) electrons. The van der Waals surface area contributed by atoms with Crippen molar-refractivity contribution in [3.63, 3.8) is 0 Å². The van der Waals surface area contributed by atoms with Crippen molar-refractivity contribution in [1.82, 2.24) is 0 Å². The van der Waals surface area contributed by atoms with E-state index in [1.54, 1.807) is 6.08 Å². The summed E-state index contributed by atoms with van der Waals surface area (Å²) in [5, 5.41) is 21.2. The van der Waals surface area contributed by atoms with Gasteiger partial charge in [0.05, 0.1) is 0 Å². The average Bonchev–Trinajstić information content (AvgIpc) is 2.53. The third-order valence-electron chi connectivity index (χ3n) is 4.31. The molecule has 0 saturated heterocycles. The van der Waals surface area contributed by atoms with Gasteiger partial charge in [-0.3, -0.25) is 0 Å². The van der Waals surface area contributed by atoms with Crippen molar-refractivity contribution in [2.75, 3.05) is 0 Å². The first-order chi connectivity index (χ1) is 11.6. The molecule has 140 valence electrons. The van der Waals surface area contributed by atoms with Gasteiger partial charge >= 0.3 is 59.1 Å². The Hall–Kier alpha value is 0.680. The molecule has 0 aromatic carbocycles. The number of carboxylic acids is 2. The van der Waals surface area contributed by atoms with Crippen LogP contribution in [0.1, 0.15) is 96.8 Å². The molecule has 0 aliphatic carbocycles. The molecule has 0 aromatic heterocycles. The summed E-state index contributed by atoms with van der Waals surface area (Å²) in [5.41, 5.74) is 0. The molecule has 26 heavy (non-hydrogen) atoms. The van der Waals surface area contributed by atoms with Crippen LogP contribution in [0.25, 0.3) is 0 Å². The fourth-order valence-electron chi connectivity index (χ4n) is 2.77. The fourth-order valence-corrected chi connectivity index (χ4v) is 2.77. The quantitative estimate of drug-likeness (QED) is 0.154. The Bertz CT molecular complexity index is 360. The van der Waals surface area contributed by atoms with Crippen LogP contribution in [0.4, 0.5) is 0 Å². The zero-order chi connectivity index (χ0) is 18.0. The first kappa shape index (κ1) is 31.4. The Kier molecular flexibility index (Phi) is 28.6. The van der Waals surface area contributed by atoms with Crippen LogP contribution < -0.4 is 69.3 Å². The van der Waals surface area contributed by atoms with Crippen LogP contribution in [0.2, 0.25) is 0 Å². The van der Waals surface area contributed by atoms with E-state index in [1.165, 1.54) is 64.2 Å². The molecule has 0 amide bonds. The van der Waals surface area contributed by atoms with Crippen molar-refractivity contribution in [3.05, 3.63) is 12.2 Å². The van der Waals surface area contributed by atoms with Gasteiger partial charge in [-0.2, -0.15) is 0 Å². The van der Waals surface area contributed by atoms with Gasteiger partial charge in [-0.1, -0.05) is 83.3 Å². The van der Waals surface area contributed by atoms with Crippen LogP contribution in [0.5, 0.6) is 0 Å². The number of carbonyl (C=O) groups excluding carboxylic acids is 2. The predicted octanol–water partition coefficient (Wildman–Crippen LogP) is -2.85. The largest absolute Gasteiger partial charge is 1.00 e. The molecule has 1 atom stereocenters. The van der Waals surface area contributed by atoms with E-state index in [0.29, 0.717) is 0 Å². The van der Waals surface area contributed by atoms with Gasteiger partial charge in [-0.05, 0) is 25.7 Å². The van der Waals surface area contributed by atoms with E-state index < -0.39 is 24.3 Å². The van der Waals surface area contributed by atoms with E-state index in [2.05, 4.69) is 6.92 Å². The maximum Gasteiger partial charge on any atom is 1.00 e. The van der Waals surface area contributed by atoms with Gasteiger partial charge in [0.1, 0.15) is 0 Å². The molecule has 4 nitrogen and oxygen atoms in total. The molecule has 0 saturated carbocycles. The Labute approximate surface area is 204 Å². The first-order valence-electron chi connectivity index (χ1n) is 9.63. The van der Waals surface area contributed by atoms with Crippen molar-refractivity contribution in [2.24, 2.45) is 5.92 Å².